The SMILES string of the molecule is CCOC(=O)C(Cc1ccccc1NC(=O)c1cc(S(N)(=O)=O)c(Cl)cc1O)N[C@@H](C)C=O. The average Bonchev–Trinajstić information content (AvgIpc) is 2.73. The summed E-state index contributed by atoms with van der Waals surface area (Å²) in [5.41, 5.74) is 0.450. The first-order valence-electron chi connectivity index (χ1n) is 9.80. The molecule has 2 aromatic rings. The number of rotatable bonds is 10. The molecule has 2 rings (SSSR count). The number of nitrogens with one attached hydrogen (secondary N) is 2. The van der Waals surface area contributed by atoms with Crippen molar-refractivity contribution in [2.45, 2.75) is 37.2 Å². The summed E-state index contributed by atoms with van der Waals surface area (Å²) in [5.74, 6) is -1.95. The molecule has 0 saturated carbocycles. The van der Waals surface area contributed by atoms with Crippen molar-refractivity contribution in [2.24, 2.45) is 5.14 Å². The number of hydrogen-bond acceptors (Lipinski definition) is 8. The van der Waals surface area contributed by atoms with E-state index in [0.29, 0.717) is 17.5 Å². The molecular formula is C21H24ClN3O7S. The van der Waals surface area contributed by atoms with Gasteiger partial charge in [0.1, 0.15) is 23.0 Å². The monoisotopic (exact) mass is 497 g/mol. The van der Waals surface area contributed by atoms with Gasteiger partial charge >= 0.3 is 5.97 Å². The van der Waals surface area contributed by atoms with Crippen molar-refractivity contribution in [2.75, 3.05) is 11.9 Å². The zero-order valence-corrected chi connectivity index (χ0v) is 19.4. The number of carbonyl (C=O) groups excluding carboxylic acids is 3. The minimum atomic E-state index is -4.24. The Morgan fingerprint density at radius 1 is 1.27 bits per heavy atom. The molecular weight excluding hydrogens is 474 g/mol. The maximum absolute atomic E-state index is 12.8. The number of nitrogens with two attached hydrogens (primary N) is 1. The van der Waals surface area contributed by atoms with Gasteiger partial charge in [-0.05, 0) is 31.5 Å². The first-order valence-corrected chi connectivity index (χ1v) is 11.7. The maximum atomic E-state index is 12.8. The number of aldehydes is 1. The predicted octanol–water partition coefficient (Wildman–Crippen LogP) is 1.60. The van der Waals surface area contributed by atoms with Crippen LogP contribution in [0.15, 0.2) is 41.3 Å². The molecule has 10 nitrogen and oxygen atoms in total. The lowest BCUT2D eigenvalue weighted by Gasteiger charge is -2.21. The zero-order chi connectivity index (χ0) is 24.8. The van der Waals surface area contributed by atoms with E-state index in [9.17, 15) is 27.9 Å². The number of phenols is 1. The second-order valence-corrected chi connectivity index (χ2v) is 8.99. The summed E-state index contributed by atoms with van der Waals surface area (Å²) in [6.07, 6.45) is 0.717. The summed E-state index contributed by atoms with van der Waals surface area (Å²) in [6, 6.07) is 6.83. The molecule has 0 aliphatic rings. The van der Waals surface area contributed by atoms with Crippen molar-refractivity contribution in [3.8, 4) is 5.75 Å². The van der Waals surface area contributed by atoms with Gasteiger partial charge in [-0.3, -0.25) is 14.9 Å². The number of halogens is 1. The smallest absolute Gasteiger partial charge is 0.323 e. The van der Waals surface area contributed by atoms with E-state index in [0.717, 1.165) is 12.1 Å². The second-order valence-electron chi connectivity index (χ2n) is 7.06. The van der Waals surface area contributed by atoms with E-state index >= 15 is 0 Å². The maximum Gasteiger partial charge on any atom is 0.323 e. The number of aromatic hydroxyl groups is 1. The molecule has 2 aromatic carbocycles. The molecule has 178 valence electrons. The third-order valence-electron chi connectivity index (χ3n) is 4.53. The summed E-state index contributed by atoms with van der Waals surface area (Å²) in [4.78, 5) is 35.7. The molecule has 0 saturated heterocycles. The van der Waals surface area contributed by atoms with Gasteiger partial charge in [0.2, 0.25) is 10.0 Å². The molecule has 2 atom stereocenters. The number of benzene rings is 2. The summed E-state index contributed by atoms with van der Waals surface area (Å²) in [7, 11) is -4.24. The summed E-state index contributed by atoms with van der Waals surface area (Å²) in [5, 5.41) is 20.3. The minimum absolute atomic E-state index is 0.0719. The van der Waals surface area contributed by atoms with Crippen LogP contribution in [0.25, 0.3) is 0 Å². The summed E-state index contributed by atoms with van der Waals surface area (Å²) < 4.78 is 28.5. The first kappa shape index (κ1) is 26.3. The topological polar surface area (TPSA) is 165 Å². The highest BCUT2D eigenvalue weighted by molar-refractivity contribution is 7.89. The molecule has 0 aliphatic carbocycles. The van der Waals surface area contributed by atoms with Crippen LogP contribution < -0.4 is 15.8 Å². The highest BCUT2D eigenvalue weighted by Gasteiger charge is 2.25. The van der Waals surface area contributed by atoms with Crippen LogP contribution in [0, 0.1) is 0 Å². The number of para-hydroxylation sites is 1. The van der Waals surface area contributed by atoms with Gasteiger partial charge in [0.15, 0.2) is 0 Å². The van der Waals surface area contributed by atoms with Crippen molar-refractivity contribution < 1.29 is 32.6 Å². The quantitative estimate of drug-likeness (QED) is 0.284. The van der Waals surface area contributed by atoms with Crippen LogP contribution >= 0.6 is 11.6 Å². The van der Waals surface area contributed by atoms with Gasteiger partial charge in [0.25, 0.3) is 5.91 Å². The van der Waals surface area contributed by atoms with Crippen LogP contribution in [0.2, 0.25) is 5.02 Å². The molecule has 0 fully saturated rings. The molecule has 1 unspecified atom stereocenters. The molecule has 0 aliphatic heterocycles. The van der Waals surface area contributed by atoms with Crippen molar-refractivity contribution in [1.29, 1.82) is 0 Å². The number of primary sulfonamides is 1. The van der Waals surface area contributed by atoms with Gasteiger partial charge in [-0.15, -0.1) is 0 Å². The highest BCUT2D eigenvalue weighted by Crippen LogP contribution is 2.30. The fraction of sp³-hybridized carbons (Fsp3) is 0.286. The molecule has 0 bridgehead atoms. The lowest BCUT2D eigenvalue weighted by atomic mass is 10.0. The Balaban J connectivity index is 2.36. The van der Waals surface area contributed by atoms with Crippen LogP contribution in [0.4, 0.5) is 5.69 Å². The number of anilines is 1. The molecule has 0 radical (unpaired) electrons. The second kappa shape index (κ2) is 11.2. The predicted molar refractivity (Wildman–Crippen MR) is 122 cm³/mol. The Hall–Kier alpha value is -2.99. The van der Waals surface area contributed by atoms with E-state index in [-0.39, 0.29) is 23.6 Å². The van der Waals surface area contributed by atoms with Gasteiger partial charge < -0.3 is 20.0 Å². The average molecular weight is 498 g/mol. The fourth-order valence-electron chi connectivity index (χ4n) is 2.98. The number of phenolic OH excluding ortho intramolecular Hbond substituents is 1. The van der Waals surface area contributed by atoms with Crippen LogP contribution in [-0.2, 0) is 30.8 Å². The van der Waals surface area contributed by atoms with Crippen molar-refractivity contribution in [3.63, 3.8) is 0 Å². The van der Waals surface area contributed by atoms with E-state index in [1.807, 2.05) is 0 Å². The normalized spacial score (nSPS) is 13.1. The van der Waals surface area contributed by atoms with E-state index in [1.165, 1.54) is 0 Å². The standard InChI is InChI=1S/C21H24ClN3O7S/c1-3-32-21(29)17(24-12(2)11-26)8-13-6-4-5-7-16(13)25-20(28)14-9-19(33(23,30)31)15(22)10-18(14)27/h4-7,9-12,17,24,27H,3,8H2,1-2H3,(H,25,28)(H2,23,30,31)/t12-,17?/m0/s1. The number of amides is 1. The molecule has 1 amide bonds. The molecule has 0 heterocycles. The Morgan fingerprint density at radius 2 is 1.94 bits per heavy atom. The van der Waals surface area contributed by atoms with Crippen molar-refractivity contribution >= 4 is 45.5 Å². The van der Waals surface area contributed by atoms with Gasteiger partial charge in [0.05, 0.1) is 23.2 Å². The largest absolute Gasteiger partial charge is 0.507 e. The molecule has 33 heavy (non-hydrogen) atoms. The molecule has 5 N–H and O–H groups in total. The molecule has 0 aromatic heterocycles. The van der Waals surface area contributed by atoms with Crippen LogP contribution in [0.5, 0.6) is 5.75 Å². The van der Waals surface area contributed by atoms with Gasteiger partial charge in [-0.25, -0.2) is 13.6 Å². The van der Waals surface area contributed by atoms with Crippen LogP contribution in [0.3, 0.4) is 0 Å². The van der Waals surface area contributed by atoms with E-state index in [1.54, 1.807) is 38.1 Å². The summed E-state index contributed by atoms with van der Waals surface area (Å²) >= 11 is 5.82. The lowest BCUT2D eigenvalue weighted by molar-refractivity contribution is -0.145. The third kappa shape index (κ3) is 6.99. The van der Waals surface area contributed by atoms with Crippen molar-refractivity contribution in [1.82, 2.24) is 5.32 Å². The van der Waals surface area contributed by atoms with Crippen LogP contribution in [0.1, 0.15) is 29.8 Å². The number of sulfonamides is 1. The van der Waals surface area contributed by atoms with Crippen molar-refractivity contribution in [3.05, 3.63) is 52.5 Å². The lowest BCUT2D eigenvalue weighted by Crippen LogP contribution is -2.45. The van der Waals surface area contributed by atoms with E-state index < -0.39 is 44.6 Å². The first-order chi connectivity index (χ1) is 15.5. The van der Waals surface area contributed by atoms with E-state index in [2.05, 4.69) is 10.6 Å². The third-order valence-corrected chi connectivity index (χ3v) is 5.91. The Kier molecular flexibility index (Phi) is 8.94. The molecule has 0 spiro atoms. The minimum Gasteiger partial charge on any atom is -0.507 e. The van der Waals surface area contributed by atoms with Gasteiger partial charge in [0, 0.05) is 18.2 Å². The Morgan fingerprint density at radius 3 is 2.55 bits per heavy atom. The fourth-order valence-corrected chi connectivity index (χ4v) is 4.08. The van der Waals surface area contributed by atoms with E-state index in [4.69, 9.17) is 21.5 Å². The van der Waals surface area contributed by atoms with Gasteiger partial charge in [-0.1, -0.05) is 29.8 Å². The number of esters is 1. The Bertz CT molecular complexity index is 1150. The number of carbonyl (C=O) groups is 3. The Labute approximate surface area is 196 Å². The molecule has 12 heteroatoms. The van der Waals surface area contributed by atoms with Gasteiger partial charge in [-0.2, -0.15) is 0 Å². The summed E-state index contributed by atoms with van der Waals surface area (Å²) in [6.45, 7) is 3.38. The zero-order valence-electron chi connectivity index (χ0n) is 17.9. The number of ether oxygens (including phenoxy) is 1. The number of hydrogen-bond donors (Lipinski definition) is 4. The van der Waals surface area contributed by atoms with Crippen LogP contribution in [-0.4, -0.2) is 50.4 Å². The highest BCUT2D eigenvalue weighted by atomic mass is 35.5.